The van der Waals surface area contributed by atoms with E-state index in [2.05, 4.69) is 11.8 Å². The van der Waals surface area contributed by atoms with Gasteiger partial charge in [0.25, 0.3) is 0 Å². The van der Waals surface area contributed by atoms with Gasteiger partial charge in [-0.05, 0) is 30.5 Å². The molecule has 0 saturated carbocycles. The van der Waals surface area contributed by atoms with Crippen molar-refractivity contribution in [1.82, 2.24) is 0 Å². The Balaban J connectivity index is 2.18. The predicted octanol–water partition coefficient (Wildman–Crippen LogP) is 3.27. The highest BCUT2D eigenvalue weighted by Crippen LogP contribution is 2.29. The first-order valence-electron chi connectivity index (χ1n) is 5.89. The molecule has 4 heteroatoms. The molecule has 1 fully saturated rings. The summed E-state index contributed by atoms with van der Waals surface area (Å²) in [4.78, 5) is 13.1. The molecule has 1 saturated heterocycles. The average molecular weight is 254 g/mol. The van der Waals surface area contributed by atoms with Gasteiger partial charge in [-0.15, -0.1) is 0 Å². The lowest BCUT2D eigenvalue weighted by Crippen LogP contribution is -2.19. The lowest BCUT2D eigenvalue weighted by Gasteiger charge is -2.19. The third-order valence-corrected chi connectivity index (χ3v) is 3.72. The second kappa shape index (κ2) is 4.96. The fraction of sp³-hybridized carbons (Fsp3) is 0.462. The number of carboxylic acid groups (broad SMARTS) is 1. The standard InChI is InChI=1S/C13H16ClNO2/c1-2-9-5-6-15(8-9)10-3-4-11(13(16)17)12(14)7-10/h3-4,7,9H,2,5-6,8H2,1H3,(H,16,17). The number of anilines is 1. The number of rotatable bonds is 3. The van der Waals surface area contributed by atoms with Crippen LogP contribution in [0.2, 0.25) is 5.02 Å². The van der Waals surface area contributed by atoms with Gasteiger partial charge in [0.2, 0.25) is 0 Å². The van der Waals surface area contributed by atoms with Gasteiger partial charge in [0.15, 0.2) is 0 Å². The van der Waals surface area contributed by atoms with Gasteiger partial charge in [0.1, 0.15) is 0 Å². The molecular weight excluding hydrogens is 238 g/mol. The summed E-state index contributed by atoms with van der Waals surface area (Å²) < 4.78 is 0. The van der Waals surface area contributed by atoms with Crippen LogP contribution in [0.4, 0.5) is 5.69 Å². The Morgan fingerprint density at radius 2 is 2.35 bits per heavy atom. The second-order valence-electron chi connectivity index (χ2n) is 4.48. The van der Waals surface area contributed by atoms with Crippen LogP contribution >= 0.6 is 11.6 Å². The molecule has 1 aliphatic rings. The lowest BCUT2D eigenvalue weighted by molar-refractivity contribution is 0.0697. The molecule has 1 aromatic carbocycles. The third-order valence-electron chi connectivity index (χ3n) is 3.41. The van der Waals surface area contributed by atoms with Crippen LogP contribution in [0.1, 0.15) is 30.1 Å². The lowest BCUT2D eigenvalue weighted by atomic mass is 10.1. The number of nitrogens with zero attached hydrogens (tertiary/aromatic N) is 1. The number of hydrogen-bond acceptors (Lipinski definition) is 2. The van der Waals surface area contributed by atoms with Crippen LogP contribution in [-0.4, -0.2) is 24.2 Å². The highest BCUT2D eigenvalue weighted by atomic mass is 35.5. The molecule has 1 aromatic rings. The fourth-order valence-corrected chi connectivity index (χ4v) is 2.53. The molecule has 1 heterocycles. The molecule has 92 valence electrons. The summed E-state index contributed by atoms with van der Waals surface area (Å²) in [5.74, 6) is -0.234. The average Bonchev–Trinajstić information content (AvgIpc) is 2.76. The summed E-state index contributed by atoms with van der Waals surface area (Å²) in [6.07, 6.45) is 2.40. The van der Waals surface area contributed by atoms with Gasteiger partial charge in [0.05, 0.1) is 10.6 Å². The first-order valence-corrected chi connectivity index (χ1v) is 6.27. The van der Waals surface area contributed by atoms with Crippen LogP contribution in [0.5, 0.6) is 0 Å². The summed E-state index contributed by atoms with van der Waals surface area (Å²) in [5.41, 5.74) is 1.19. The molecule has 1 aliphatic heterocycles. The molecule has 3 nitrogen and oxygen atoms in total. The number of hydrogen-bond donors (Lipinski definition) is 1. The minimum atomic E-state index is -0.977. The molecule has 0 aromatic heterocycles. The van der Waals surface area contributed by atoms with E-state index in [-0.39, 0.29) is 5.56 Å². The molecule has 0 amide bonds. The predicted molar refractivity (Wildman–Crippen MR) is 69.0 cm³/mol. The van der Waals surface area contributed by atoms with Crippen molar-refractivity contribution in [1.29, 1.82) is 0 Å². The first kappa shape index (κ1) is 12.2. The van der Waals surface area contributed by atoms with Crippen molar-refractivity contribution in [2.24, 2.45) is 5.92 Å². The normalized spacial score (nSPS) is 19.6. The van der Waals surface area contributed by atoms with Crippen LogP contribution in [0.3, 0.4) is 0 Å². The van der Waals surface area contributed by atoms with Gasteiger partial charge in [0, 0.05) is 18.8 Å². The van der Waals surface area contributed by atoms with E-state index in [1.54, 1.807) is 12.1 Å². The van der Waals surface area contributed by atoms with E-state index in [0.717, 1.165) is 24.7 Å². The maximum atomic E-state index is 10.9. The Morgan fingerprint density at radius 1 is 1.59 bits per heavy atom. The van der Waals surface area contributed by atoms with E-state index in [1.807, 2.05) is 6.07 Å². The topological polar surface area (TPSA) is 40.5 Å². The minimum Gasteiger partial charge on any atom is -0.478 e. The summed E-state index contributed by atoms with van der Waals surface area (Å²) in [6.45, 7) is 4.27. The molecule has 0 aliphatic carbocycles. The highest BCUT2D eigenvalue weighted by molar-refractivity contribution is 6.33. The Hall–Kier alpha value is -1.22. The third kappa shape index (κ3) is 2.55. The fourth-order valence-electron chi connectivity index (χ4n) is 2.27. The van der Waals surface area contributed by atoms with Crippen LogP contribution in [0.15, 0.2) is 18.2 Å². The minimum absolute atomic E-state index is 0.168. The summed E-state index contributed by atoms with van der Waals surface area (Å²) in [5, 5.41) is 9.22. The van der Waals surface area contributed by atoms with E-state index in [4.69, 9.17) is 16.7 Å². The summed E-state index contributed by atoms with van der Waals surface area (Å²) >= 11 is 5.97. The van der Waals surface area contributed by atoms with Gasteiger partial charge in [-0.2, -0.15) is 0 Å². The van der Waals surface area contributed by atoms with Crippen LogP contribution < -0.4 is 4.90 Å². The number of benzene rings is 1. The number of halogens is 1. The molecule has 0 spiro atoms. The molecule has 0 radical (unpaired) electrons. The van der Waals surface area contributed by atoms with Crippen molar-refractivity contribution in [2.75, 3.05) is 18.0 Å². The quantitative estimate of drug-likeness (QED) is 0.899. The first-order chi connectivity index (χ1) is 8.11. The zero-order valence-corrected chi connectivity index (χ0v) is 10.6. The monoisotopic (exact) mass is 253 g/mol. The number of aromatic carboxylic acids is 1. The molecule has 1 unspecified atom stereocenters. The van der Waals surface area contributed by atoms with E-state index in [1.165, 1.54) is 12.8 Å². The summed E-state index contributed by atoms with van der Waals surface area (Å²) in [7, 11) is 0. The van der Waals surface area contributed by atoms with Crippen LogP contribution in [-0.2, 0) is 0 Å². The molecule has 17 heavy (non-hydrogen) atoms. The largest absolute Gasteiger partial charge is 0.478 e. The smallest absolute Gasteiger partial charge is 0.337 e. The van der Waals surface area contributed by atoms with Gasteiger partial charge < -0.3 is 10.0 Å². The van der Waals surface area contributed by atoms with Crippen molar-refractivity contribution in [2.45, 2.75) is 19.8 Å². The van der Waals surface area contributed by atoms with E-state index < -0.39 is 5.97 Å². The Kier molecular flexibility index (Phi) is 3.57. The zero-order chi connectivity index (χ0) is 12.4. The van der Waals surface area contributed by atoms with Crippen molar-refractivity contribution in [3.63, 3.8) is 0 Å². The van der Waals surface area contributed by atoms with Gasteiger partial charge in [-0.1, -0.05) is 24.9 Å². The zero-order valence-electron chi connectivity index (χ0n) is 9.82. The molecular formula is C13H16ClNO2. The van der Waals surface area contributed by atoms with E-state index >= 15 is 0 Å². The summed E-state index contributed by atoms with van der Waals surface area (Å²) in [6, 6.07) is 5.18. The van der Waals surface area contributed by atoms with Crippen molar-refractivity contribution >= 4 is 23.3 Å². The van der Waals surface area contributed by atoms with Gasteiger partial charge in [-0.3, -0.25) is 0 Å². The van der Waals surface area contributed by atoms with Crippen molar-refractivity contribution < 1.29 is 9.90 Å². The van der Waals surface area contributed by atoms with E-state index in [0.29, 0.717) is 5.02 Å². The van der Waals surface area contributed by atoms with Crippen LogP contribution in [0.25, 0.3) is 0 Å². The molecule has 2 rings (SSSR count). The van der Waals surface area contributed by atoms with E-state index in [9.17, 15) is 4.79 Å². The Bertz CT molecular complexity index is 433. The van der Waals surface area contributed by atoms with Crippen molar-refractivity contribution in [3.05, 3.63) is 28.8 Å². The Morgan fingerprint density at radius 3 is 2.88 bits per heavy atom. The maximum Gasteiger partial charge on any atom is 0.337 e. The molecule has 1 N–H and O–H groups in total. The van der Waals surface area contributed by atoms with Crippen molar-refractivity contribution in [3.8, 4) is 0 Å². The van der Waals surface area contributed by atoms with Gasteiger partial charge >= 0.3 is 5.97 Å². The van der Waals surface area contributed by atoms with Crippen LogP contribution in [0, 0.1) is 5.92 Å². The maximum absolute atomic E-state index is 10.9. The Labute approximate surface area is 106 Å². The second-order valence-corrected chi connectivity index (χ2v) is 4.89. The van der Waals surface area contributed by atoms with Gasteiger partial charge in [-0.25, -0.2) is 4.79 Å². The molecule has 0 bridgehead atoms. The number of carbonyl (C=O) groups is 1. The highest BCUT2D eigenvalue weighted by Gasteiger charge is 2.22. The SMILES string of the molecule is CCC1CCN(c2ccc(C(=O)O)c(Cl)c2)C1. The number of carboxylic acids is 1. The molecule has 1 atom stereocenters.